The smallest absolute Gasteiger partial charge is 0.238 e. The normalized spacial score (nSPS) is 10.9. The summed E-state index contributed by atoms with van der Waals surface area (Å²) in [4.78, 5) is 15.1. The number of H-pyrrole nitrogens is 1. The Hall–Kier alpha value is -2.19. The molecule has 0 bridgehead atoms. The number of aryl methyl sites for hydroxylation is 1. The van der Waals surface area contributed by atoms with Crippen LogP contribution in [0.15, 0.2) is 34.6 Å². The van der Waals surface area contributed by atoms with Gasteiger partial charge in [0.05, 0.1) is 17.2 Å². The molecular weight excluding hydrogens is 279 g/mol. The first kappa shape index (κ1) is 12.8. The van der Waals surface area contributed by atoms with Gasteiger partial charge in [-0.15, -0.1) is 0 Å². The number of aromatic amines is 1. The summed E-state index contributed by atoms with van der Waals surface area (Å²) in [7, 11) is 0. The number of hydrazine groups is 1. The SMILES string of the molecule is Cc1ccc2nc(Sc3nc(NN)ncc3F)[nH]c2c1. The molecule has 3 rings (SSSR count). The van der Waals surface area contributed by atoms with Crippen molar-refractivity contribution in [1.82, 2.24) is 19.9 Å². The predicted octanol–water partition coefficient (Wildman–Crippen LogP) is 2.24. The van der Waals surface area contributed by atoms with Crippen LogP contribution in [-0.2, 0) is 0 Å². The standard InChI is InChI=1S/C12H11FN6S/c1-6-2-3-8-9(4-6)17-12(16-8)20-10-7(13)5-15-11(18-10)19-14/h2-5H,14H2,1H3,(H,16,17)(H,15,18,19). The Morgan fingerprint density at radius 2 is 2.20 bits per heavy atom. The van der Waals surface area contributed by atoms with E-state index in [1.807, 2.05) is 25.1 Å². The molecule has 0 spiro atoms. The summed E-state index contributed by atoms with van der Waals surface area (Å²) in [6.07, 6.45) is 1.07. The van der Waals surface area contributed by atoms with E-state index >= 15 is 0 Å². The van der Waals surface area contributed by atoms with E-state index in [4.69, 9.17) is 5.84 Å². The number of anilines is 1. The molecule has 4 N–H and O–H groups in total. The molecule has 3 aromatic rings. The highest BCUT2D eigenvalue weighted by atomic mass is 32.2. The maximum atomic E-state index is 13.7. The number of nitrogens with two attached hydrogens (primary N) is 1. The van der Waals surface area contributed by atoms with E-state index in [-0.39, 0.29) is 11.0 Å². The molecule has 0 aliphatic rings. The van der Waals surface area contributed by atoms with E-state index in [1.165, 1.54) is 0 Å². The van der Waals surface area contributed by atoms with Crippen LogP contribution in [0.25, 0.3) is 11.0 Å². The van der Waals surface area contributed by atoms with Crippen LogP contribution in [0, 0.1) is 12.7 Å². The number of halogens is 1. The summed E-state index contributed by atoms with van der Waals surface area (Å²) < 4.78 is 13.7. The fraction of sp³-hybridized carbons (Fsp3) is 0.0833. The Morgan fingerprint density at radius 1 is 1.35 bits per heavy atom. The van der Waals surface area contributed by atoms with Crippen LogP contribution in [0.4, 0.5) is 10.3 Å². The second kappa shape index (κ2) is 5.06. The molecule has 1 aromatic carbocycles. The van der Waals surface area contributed by atoms with Gasteiger partial charge in [0.15, 0.2) is 11.0 Å². The molecular formula is C12H11FN6S. The van der Waals surface area contributed by atoms with Gasteiger partial charge in [-0.1, -0.05) is 6.07 Å². The number of nitrogen functional groups attached to an aromatic ring is 1. The van der Waals surface area contributed by atoms with Gasteiger partial charge in [0.2, 0.25) is 5.95 Å². The largest absolute Gasteiger partial charge is 0.333 e. The van der Waals surface area contributed by atoms with Crippen molar-refractivity contribution in [3.63, 3.8) is 0 Å². The molecule has 0 aliphatic carbocycles. The zero-order valence-corrected chi connectivity index (χ0v) is 11.3. The van der Waals surface area contributed by atoms with Gasteiger partial charge in [-0.05, 0) is 36.4 Å². The lowest BCUT2D eigenvalue weighted by molar-refractivity contribution is 0.579. The third kappa shape index (κ3) is 2.43. The number of aromatic nitrogens is 4. The van der Waals surface area contributed by atoms with Gasteiger partial charge < -0.3 is 4.98 Å². The average Bonchev–Trinajstić information content (AvgIpc) is 2.82. The third-order valence-corrected chi connectivity index (χ3v) is 3.52. The third-order valence-electron chi connectivity index (χ3n) is 2.65. The summed E-state index contributed by atoms with van der Waals surface area (Å²) in [6, 6.07) is 5.86. The summed E-state index contributed by atoms with van der Waals surface area (Å²) >= 11 is 1.09. The van der Waals surface area contributed by atoms with Gasteiger partial charge >= 0.3 is 0 Å². The van der Waals surface area contributed by atoms with Crippen molar-refractivity contribution in [2.45, 2.75) is 17.1 Å². The Kier molecular flexibility index (Phi) is 3.25. The Labute approximate surface area is 118 Å². The molecule has 0 saturated carbocycles. The number of nitrogens with one attached hydrogen (secondary N) is 2. The van der Waals surface area contributed by atoms with Gasteiger partial charge in [-0.25, -0.2) is 25.2 Å². The molecule has 0 atom stereocenters. The number of imidazole rings is 1. The number of fused-ring (bicyclic) bond motifs is 1. The number of nitrogens with zero attached hydrogens (tertiary/aromatic N) is 3. The van der Waals surface area contributed by atoms with Gasteiger partial charge in [0.25, 0.3) is 0 Å². The number of hydrogen-bond acceptors (Lipinski definition) is 6. The maximum absolute atomic E-state index is 13.7. The molecule has 8 heteroatoms. The van der Waals surface area contributed by atoms with Crippen molar-refractivity contribution in [1.29, 1.82) is 0 Å². The predicted molar refractivity (Wildman–Crippen MR) is 74.8 cm³/mol. The second-order valence-corrected chi connectivity index (χ2v) is 5.13. The quantitative estimate of drug-likeness (QED) is 0.389. The highest BCUT2D eigenvalue weighted by molar-refractivity contribution is 7.99. The van der Waals surface area contributed by atoms with Crippen molar-refractivity contribution < 1.29 is 4.39 Å². The molecule has 0 radical (unpaired) electrons. The van der Waals surface area contributed by atoms with Crippen molar-refractivity contribution >= 4 is 28.7 Å². The summed E-state index contributed by atoms with van der Waals surface area (Å²) in [5, 5.41) is 0.717. The fourth-order valence-corrected chi connectivity index (χ4v) is 2.50. The van der Waals surface area contributed by atoms with Crippen LogP contribution in [0.1, 0.15) is 5.56 Å². The Bertz CT molecular complexity index is 772. The first-order valence-corrected chi connectivity index (χ1v) is 6.61. The van der Waals surface area contributed by atoms with E-state index in [0.717, 1.165) is 34.6 Å². The molecule has 2 aromatic heterocycles. The molecule has 0 unspecified atom stereocenters. The van der Waals surface area contributed by atoms with Crippen LogP contribution < -0.4 is 11.3 Å². The molecule has 0 saturated heterocycles. The molecule has 0 aliphatic heterocycles. The zero-order valence-electron chi connectivity index (χ0n) is 10.5. The highest BCUT2D eigenvalue weighted by Crippen LogP contribution is 2.28. The second-order valence-electron chi connectivity index (χ2n) is 4.16. The van der Waals surface area contributed by atoms with Crippen molar-refractivity contribution in [3.8, 4) is 0 Å². The molecule has 0 fully saturated rings. The molecule has 2 heterocycles. The van der Waals surface area contributed by atoms with Crippen LogP contribution in [0.3, 0.4) is 0 Å². The van der Waals surface area contributed by atoms with Crippen LogP contribution in [0.5, 0.6) is 0 Å². The first-order chi connectivity index (χ1) is 9.65. The monoisotopic (exact) mass is 290 g/mol. The van der Waals surface area contributed by atoms with Crippen LogP contribution >= 0.6 is 11.8 Å². The Balaban J connectivity index is 1.96. The maximum Gasteiger partial charge on any atom is 0.238 e. The van der Waals surface area contributed by atoms with Crippen LogP contribution in [0.2, 0.25) is 0 Å². The van der Waals surface area contributed by atoms with Crippen molar-refractivity contribution in [2.24, 2.45) is 5.84 Å². The number of hydrogen-bond donors (Lipinski definition) is 3. The topological polar surface area (TPSA) is 92.5 Å². The van der Waals surface area contributed by atoms with Gasteiger partial charge in [0, 0.05) is 0 Å². The number of rotatable bonds is 3. The van der Waals surface area contributed by atoms with E-state index in [1.54, 1.807) is 0 Å². The average molecular weight is 290 g/mol. The zero-order chi connectivity index (χ0) is 14.1. The Morgan fingerprint density at radius 3 is 3.00 bits per heavy atom. The highest BCUT2D eigenvalue weighted by Gasteiger charge is 2.11. The molecule has 102 valence electrons. The van der Waals surface area contributed by atoms with Gasteiger partial charge in [-0.3, -0.25) is 5.43 Å². The van der Waals surface area contributed by atoms with E-state index < -0.39 is 5.82 Å². The van der Waals surface area contributed by atoms with Gasteiger partial charge in [0.1, 0.15) is 5.03 Å². The van der Waals surface area contributed by atoms with Gasteiger partial charge in [-0.2, -0.15) is 0 Å². The number of benzene rings is 1. The minimum absolute atomic E-state index is 0.154. The lowest BCUT2D eigenvalue weighted by Crippen LogP contribution is -2.11. The van der Waals surface area contributed by atoms with Crippen LogP contribution in [-0.4, -0.2) is 19.9 Å². The molecule has 6 nitrogen and oxygen atoms in total. The van der Waals surface area contributed by atoms with Crippen molar-refractivity contribution in [2.75, 3.05) is 5.43 Å². The minimum Gasteiger partial charge on any atom is -0.333 e. The van der Waals surface area contributed by atoms with Crippen molar-refractivity contribution in [3.05, 3.63) is 35.8 Å². The summed E-state index contributed by atoms with van der Waals surface area (Å²) in [5.74, 6) is 4.84. The lowest BCUT2D eigenvalue weighted by atomic mass is 10.2. The lowest BCUT2D eigenvalue weighted by Gasteiger charge is -2.01. The summed E-state index contributed by atoms with van der Waals surface area (Å²) in [6.45, 7) is 2.00. The first-order valence-electron chi connectivity index (χ1n) is 5.79. The van der Waals surface area contributed by atoms with E-state index in [9.17, 15) is 4.39 Å². The van der Waals surface area contributed by atoms with E-state index in [0.29, 0.717) is 5.16 Å². The molecule has 0 amide bonds. The fourth-order valence-electron chi connectivity index (χ4n) is 1.73. The minimum atomic E-state index is -0.523. The molecule has 20 heavy (non-hydrogen) atoms. The summed E-state index contributed by atoms with van der Waals surface area (Å²) in [5.41, 5.74) is 5.13. The van der Waals surface area contributed by atoms with E-state index in [2.05, 4.69) is 25.4 Å².